The van der Waals surface area contributed by atoms with Crippen LogP contribution in [0.1, 0.15) is 46.0 Å². The van der Waals surface area contributed by atoms with Gasteiger partial charge < -0.3 is 9.84 Å². The molecule has 0 aliphatic carbocycles. The van der Waals surface area contributed by atoms with Crippen molar-refractivity contribution in [3.05, 3.63) is 0 Å². The molecule has 1 saturated heterocycles. The molecule has 1 aliphatic heterocycles. The lowest BCUT2D eigenvalue weighted by Gasteiger charge is -2.20. The number of aliphatic hydroxyl groups is 1. The van der Waals surface area contributed by atoms with Crippen LogP contribution in [0, 0.1) is 0 Å². The average molecular weight is 200 g/mol. The van der Waals surface area contributed by atoms with Crippen molar-refractivity contribution in [1.29, 1.82) is 0 Å². The van der Waals surface area contributed by atoms with E-state index in [9.17, 15) is 9.90 Å². The number of hydrogen-bond donors (Lipinski definition) is 1. The maximum atomic E-state index is 11.5. The van der Waals surface area contributed by atoms with Crippen molar-refractivity contribution in [2.75, 3.05) is 6.61 Å². The Bertz CT molecular complexity index is 193. The van der Waals surface area contributed by atoms with Crippen molar-refractivity contribution >= 4 is 5.78 Å². The molecule has 0 aromatic heterocycles. The smallest absolute Gasteiger partial charge is 0.164 e. The van der Waals surface area contributed by atoms with Crippen LogP contribution in [0.2, 0.25) is 0 Å². The summed E-state index contributed by atoms with van der Waals surface area (Å²) in [7, 11) is 0. The molecule has 0 spiro atoms. The summed E-state index contributed by atoms with van der Waals surface area (Å²) in [6, 6.07) is 0. The molecule has 1 heterocycles. The summed E-state index contributed by atoms with van der Waals surface area (Å²) < 4.78 is 5.42. The lowest BCUT2D eigenvalue weighted by atomic mass is 9.93. The topological polar surface area (TPSA) is 46.5 Å². The van der Waals surface area contributed by atoms with Gasteiger partial charge in [-0.25, -0.2) is 0 Å². The SMILES string of the molecule is CCC(C)(O)C(=O)CCC1CCCO1. The maximum absolute atomic E-state index is 11.5. The molecule has 3 nitrogen and oxygen atoms in total. The van der Waals surface area contributed by atoms with Gasteiger partial charge in [0.1, 0.15) is 5.60 Å². The van der Waals surface area contributed by atoms with Crippen LogP contribution >= 0.6 is 0 Å². The van der Waals surface area contributed by atoms with Gasteiger partial charge in [-0.05, 0) is 32.6 Å². The first-order valence-electron chi connectivity index (χ1n) is 5.43. The third-order valence-electron chi connectivity index (χ3n) is 3.01. The Morgan fingerprint density at radius 3 is 2.86 bits per heavy atom. The summed E-state index contributed by atoms with van der Waals surface area (Å²) in [4.78, 5) is 11.5. The van der Waals surface area contributed by atoms with Gasteiger partial charge in [0.15, 0.2) is 5.78 Å². The Morgan fingerprint density at radius 1 is 1.64 bits per heavy atom. The van der Waals surface area contributed by atoms with E-state index in [2.05, 4.69) is 0 Å². The van der Waals surface area contributed by atoms with E-state index in [-0.39, 0.29) is 11.9 Å². The van der Waals surface area contributed by atoms with Gasteiger partial charge in [0, 0.05) is 13.0 Å². The molecule has 0 aromatic carbocycles. The Balaban J connectivity index is 2.26. The second kappa shape index (κ2) is 4.89. The number of ketones is 1. The summed E-state index contributed by atoms with van der Waals surface area (Å²) in [5, 5.41) is 9.68. The Labute approximate surface area is 85.5 Å². The van der Waals surface area contributed by atoms with Crippen molar-refractivity contribution in [2.45, 2.75) is 57.7 Å². The number of hydrogen-bond acceptors (Lipinski definition) is 3. The molecule has 1 aliphatic rings. The number of carbonyl (C=O) groups is 1. The summed E-state index contributed by atoms with van der Waals surface area (Å²) in [5.41, 5.74) is -1.14. The van der Waals surface area contributed by atoms with Gasteiger partial charge >= 0.3 is 0 Å². The zero-order chi connectivity index (χ0) is 10.6. The van der Waals surface area contributed by atoms with E-state index in [1.165, 1.54) is 0 Å². The van der Waals surface area contributed by atoms with Gasteiger partial charge in [-0.1, -0.05) is 6.92 Å². The Morgan fingerprint density at radius 2 is 2.36 bits per heavy atom. The van der Waals surface area contributed by atoms with Crippen molar-refractivity contribution in [2.24, 2.45) is 0 Å². The molecule has 0 saturated carbocycles. The highest BCUT2D eigenvalue weighted by Crippen LogP contribution is 2.20. The molecule has 1 rings (SSSR count). The second-order valence-electron chi connectivity index (χ2n) is 4.22. The molecule has 82 valence electrons. The quantitative estimate of drug-likeness (QED) is 0.734. The number of rotatable bonds is 5. The fourth-order valence-corrected chi connectivity index (χ4v) is 1.63. The fourth-order valence-electron chi connectivity index (χ4n) is 1.63. The van der Waals surface area contributed by atoms with Gasteiger partial charge in [0.05, 0.1) is 6.10 Å². The summed E-state index contributed by atoms with van der Waals surface area (Å²) in [6.07, 6.45) is 4.08. The first kappa shape index (κ1) is 11.7. The molecule has 0 amide bonds. The van der Waals surface area contributed by atoms with Crippen LogP contribution in [-0.4, -0.2) is 29.2 Å². The van der Waals surface area contributed by atoms with Gasteiger partial charge in [-0.2, -0.15) is 0 Å². The van der Waals surface area contributed by atoms with Crippen LogP contribution in [-0.2, 0) is 9.53 Å². The summed E-state index contributed by atoms with van der Waals surface area (Å²) in [5.74, 6) is -0.0597. The zero-order valence-electron chi connectivity index (χ0n) is 9.08. The van der Waals surface area contributed by atoms with Crippen LogP contribution in [0.4, 0.5) is 0 Å². The molecule has 0 aromatic rings. The highest BCUT2D eigenvalue weighted by Gasteiger charge is 2.28. The van der Waals surface area contributed by atoms with E-state index in [0.717, 1.165) is 25.9 Å². The van der Waals surface area contributed by atoms with E-state index < -0.39 is 5.60 Å². The van der Waals surface area contributed by atoms with Crippen molar-refractivity contribution in [1.82, 2.24) is 0 Å². The van der Waals surface area contributed by atoms with E-state index in [0.29, 0.717) is 12.8 Å². The monoisotopic (exact) mass is 200 g/mol. The Kier molecular flexibility index (Phi) is 4.08. The highest BCUT2D eigenvalue weighted by molar-refractivity contribution is 5.86. The number of ether oxygens (including phenoxy) is 1. The molecule has 14 heavy (non-hydrogen) atoms. The van der Waals surface area contributed by atoms with Gasteiger partial charge in [0.25, 0.3) is 0 Å². The lowest BCUT2D eigenvalue weighted by Crippen LogP contribution is -2.34. The molecular weight excluding hydrogens is 180 g/mol. The molecule has 1 N–H and O–H groups in total. The van der Waals surface area contributed by atoms with Gasteiger partial charge in [0.2, 0.25) is 0 Å². The lowest BCUT2D eigenvalue weighted by molar-refractivity contribution is -0.136. The fraction of sp³-hybridized carbons (Fsp3) is 0.909. The maximum Gasteiger partial charge on any atom is 0.164 e. The van der Waals surface area contributed by atoms with Crippen LogP contribution in [0.15, 0.2) is 0 Å². The minimum absolute atomic E-state index is 0.0597. The molecule has 2 unspecified atom stereocenters. The minimum Gasteiger partial charge on any atom is -0.382 e. The van der Waals surface area contributed by atoms with Crippen LogP contribution < -0.4 is 0 Å². The first-order valence-corrected chi connectivity index (χ1v) is 5.43. The predicted molar refractivity (Wildman–Crippen MR) is 54.1 cm³/mol. The van der Waals surface area contributed by atoms with E-state index >= 15 is 0 Å². The summed E-state index contributed by atoms with van der Waals surface area (Å²) >= 11 is 0. The molecule has 3 heteroatoms. The third-order valence-corrected chi connectivity index (χ3v) is 3.01. The zero-order valence-corrected chi connectivity index (χ0v) is 9.08. The molecule has 0 radical (unpaired) electrons. The average Bonchev–Trinajstić information content (AvgIpc) is 2.66. The van der Waals surface area contributed by atoms with Crippen molar-refractivity contribution in [3.8, 4) is 0 Å². The number of carbonyl (C=O) groups excluding carboxylic acids is 1. The normalized spacial score (nSPS) is 26.1. The predicted octanol–water partition coefficient (Wildman–Crippen LogP) is 1.68. The van der Waals surface area contributed by atoms with E-state index in [1.54, 1.807) is 6.92 Å². The second-order valence-corrected chi connectivity index (χ2v) is 4.22. The van der Waals surface area contributed by atoms with Crippen LogP contribution in [0.25, 0.3) is 0 Å². The number of Topliss-reactive ketones (excluding diaryl/α,β-unsaturated/α-hetero) is 1. The van der Waals surface area contributed by atoms with Crippen molar-refractivity contribution in [3.63, 3.8) is 0 Å². The molecule has 2 atom stereocenters. The molecule has 0 bridgehead atoms. The first-order chi connectivity index (χ1) is 6.56. The third kappa shape index (κ3) is 3.07. The van der Waals surface area contributed by atoms with E-state index in [1.807, 2.05) is 6.92 Å². The van der Waals surface area contributed by atoms with Crippen molar-refractivity contribution < 1.29 is 14.6 Å². The van der Waals surface area contributed by atoms with E-state index in [4.69, 9.17) is 4.74 Å². The minimum atomic E-state index is -1.14. The van der Waals surface area contributed by atoms with Gasteiger partial charge in [-0.3, -0.25) is 4.79 Å². The Hall–Kier alpha value is -0.410. The van der Waals surface area contributed by atoms with Crippen LogP contribution in [0.5, 0.6) is 0 Å². The molecular formula is C11H20O3. The standard InChI is InChI=1S/C11H20O3/c1-3-11(2,13)10(12)7-6-9-5-4-8-14-9/h9,13H,3-8H2,1-2H3. The molecule has 1 fully saturated rings. The summed E-state index contributed by atoms with van der Waals surface area (Å²) in [6.45, 7) is 4.23. The largest absolute Gasteiger partial charge is 0.382 e. The van der Waals surface area contributed by atoms with Crippen LogP contribution in [0.3, 0.4) is 0 Å². The highest BCUT2D eigenvalue weighted by atomic mass is 16.5. The van der Waals surface area contributed by atoms with Gasteiger partial charge in [-0.15, -0.1) is 0 Å².